The van der Waals surface area contributed by atoms with E-state index in [1.165, 1.54) is 0 Å². The Bertz CT molecular complexity index is 2210. The summed E-state index contributed by atoms with van der Waals surface area (Å²) in [5.74, 6) is -2.00. The predicted octanol–water partition coefficient (Wildman–Crippen LogP) is 3.34. The predicted molar refractivity (Wildman–Crippen MR) is 181 cm³/mol. The molecule has 16 nitrogen and oxygen atoms in total. The minimum atomic E-state index is -4.89. The van der Waals surface area contributed by atoms with Gasteiger partial charge in [0.15, 0.2) is 0 Å². The number of benzene rings is 4. The third kappa shape index (κ3) is 8.50. The van der Waals surface area contributed by atoms with Crippen LogP contribution in [-0.2, 0) is 79.0 Å². The minimum absolute atomic E-state index is 0.0366. The molecule has 0 saturated heterocycles. The molecule has 0 atom stereocenters. The summed E-state index contributed by atoms with van der Waals surface area (Å²) in [6.07, 6.45) is -1.80. The molecular formula is C32H32O16S4. The van der Waals surface area contributed by atoms with Gasteiger partial charge in [-0.25, -0.2) is 0 Å². The quantitative estimate of drug-likeness (QED) is 0.137. The zero-order valence-electron chi connectivity index (χ0n) is 26.8. The lowest BCUT2D eigenvalue weighted by Gasteiger charge is -2.17. The first-order chi connectivity index (χ1) is 23.9. The van der Waals surface area contributed by atoms with Crippen molar-refractivity contribution < 1.29 is 72.3 Å². The highest BCUT2D eigenvalue weighted by Gasteiger charge is 2.25. The molecule has 8 N–H and O–H groups in total. The molecule has 52 heavy (non-hydrogen) atoms. The zero-order valence-corrected chi connectivity index (χ0v) is 30.0. The zero-order chi connectivity index (χ0) is 38.6. The number of aryl methyl sites for hydroxylation is 4. The highest BCUT2D eigenvalue weighted by molar-refractivity contribution is 7.86. The van der Waals surface area contributed by atoms with Crippen molar-refractivity contribution in [1.82, 2.24) is 0 Å². The monoisotopic (exact) mass is 800 g/mol. The molecule has 0 saturated carbocycles. The number of phenols is 4. The Morgan fingerprint density at radius 2 is 0.500 bits per heavy atom. The highest BCUT2D eigenvalue weighted by atomic mass is 32.2. The van der Waals surface area contributed by atoms with E-state index >= 15 is 0 Å². The maximum Gasteiger partial charge on any atom is 0.294 e. The standard InChI is InChI=1S/C32H32O16S4/c33-29-17-3-1-4-18-10-26(50(40,41)42)14-22(30(18)34)8-24-16-28(52(46,47)48)12-20(32(24)36)6-2-5-19-11-27(51(43,44)45)15-23(31(19)35)7-21(29)13-25(9-17)49(37,38)39/h9-16,33-36H,1-8H2,(H,37,38,39)(H,40,41,42)(H,43,44,45)(H,46,47,48). The molecule has 1 aliphatic carbocycles. The van der Waals surface area contributed by atoms with Crippen LogP contribution in [0.5, 0.6) is 23.0 Å². The molecule has 0 fully saturated rings. The van der Waals surface area contributed by atoms with Gasteiger partial charge in [-0.2, -0.15) is 33.7 Å². The van der Waals surface area contributed by atoms with Crippen LogP contribution in [0.1, 0.15) is 57.3 Å². The number of hydrogen-bond donors (Lipinski definition) is 8. The van der Waals surface area contributed by atoms with Crippen molar-refractivity contribution >= 4 is 40.5 Å². The van der Waals surface area contributed by atoms with Gasteiger partial charge >= 0.3 is 0 Å². The molecule has 8 bridgehead atoms. The normalized spacial score (nSPS) is 14.8. The van der Waals surface area contributed by atoms with Gasteiger partial charge in [-0.15, -0.1) is 0 Å². The lowest BCUT2D eigenvalue weighted by molar-refractivity contribution is 0.450. The van der Waals surface area contributed by atoms with Crippen LogP contribution in [0, 0.1) is 0 Å². The summed E-state index contributed by atoms with van der Waals surface area (Å²) >= 11 is 0. The lowest BCUT2D eigenvalue weighted by Crippen LogP contribution is -2.07. The van der Waals surface area contributed by atoms with E-state index in [1.54, 1.807) is 0 Å². The molecule has 0 unspecified atom stereocenters. The lowest BCUT2D eigenvalue weighted by atomic mass is 9.93. The largest absolute Gasteiger partial charge is 0.507 e. The van der Waals surface area contributed by atoms with Crippen molar-refractivity contribution in [3.63, 3.8) is 0 Å². The molecule has 4 aromatic carbocycles. The Hall–Kier alpha value is -4.28. The van der Waals surface area contributed by atoms with E-state index < -0.39 is 95.9 Å². The Kier molecular flexibility index (Phi) is 10.4. The number of fused-ring (bicyclic) bond motifs is 8. The molecule has 0 heterocycles. The SMILES string of the molecule is O=S(=O)(O)c1cc2c(O)c(c1)Cc1cc(S(=O)(=O)O)cc(c1O)CCCc1cc(S(=O)(=O)O)cc(c1O)Cc1cc(S(=O)(=O)O)cc(c1O)CCC2. The highest BCUT2D eigenvalue weighted by Crippen LogP contribution is 2.38. The first kappa shape index (κ1) is 38.9. The van der Waals surface area contributed by atoms with E-state index in [4.69, 9.17) is 0 Å². The van der Waals surface area contributed by atoms with E-state index in [-0.39, 0.29) is 83.0 Å². The van der Waals surface area contributed by atoms with Crippen LogP contribution in [0.4, 0.5) is 0 Å². The van der Waals surface area contributed by atoms with Crippen LogP contribution in [0.2, 0.25) is 0 Å². The Labute approximate surface area is 298 Å². The van der Waals surface area contributed by atoms with Crippen LogP contribution >= 0.6 is 0 Å². The van der Waals surface area contributed by atoms with Crippen LogP contribution in [0.25, 0.3) is 0 Å². The van der Waals surface area contributed by atoms with Crippen molar-refractivity contribution in [2.24, 2.45) is 0 Å². The van der Waals surface area contributed by atoms with Crippen LogP contribution in [0.3, 0.4) is 0 Å². The molecule has 280 valence electrons. The number of phenolic OH excluding ortho intramolecular Hbond substituents is 4. The Morgan fingerprint density at radius 3 is 0.673 bits per heavy atom. The van der Waals surface area contributed by atoms with Gasteiger partial charge in [0, 0.05) is 35.1 Å². The maximum atomic E-state index is 12.2. The van der Waals surface area contributed by atoms with Crippen LogP contribution in [0.15, 0.2) is 68.1 Å². The summed E-state index contributed by atoms with van der Waals surface area (Å²) in [5, 5.41) is 44.8. The Morgan fingerprint density at radius 1 is 0.327 bits per heavy atom. The second kappa shape index (κ2) is 13.9. The van der Waals surface area contributed by atoms with Gasteiger partial charge in [-0.3, -0.25) is 18.2 Å². The third-order valence-electron chi connectivity index (χ3n) is 8.70. The molecule has 5 rings (SSSR count). The maximum absolute atomic E-state index is 12.2. The summed E-state index contributed by atoms with van der Waals surface area (Å²) in [7, 11) is -19.5. The molecule has 0 radical (unpaired) electrons. The topological polar surface area (TPSA) is 298 Å². The Balaban J connectivity index is 1.75. The molecule has 0 spiro atoms. The van der Waals surface area contributed by atoms with Crippen molar-refractivity contribution in [3.05, 3.63) is 93.0 Å². The number of hydrogen-bond acceptors (Lipinski definition) is 12. The fraction of sp³-hybridized carbons (Fsp3) is 0.250. The van der Waals surface area contributed by atoms with Gasteiger partial charge in [-0.1, -0.05) is 0 Å². The van der Waals surface area contributed by atoms with Gasteiger partial charge in [0.25, 0.3) is 40.5 Å². The van der Waals surface area contributed by atoms with E-state index in [9.17, 15) is 72.3 Å². The van der Waals surface area contributed by atoms with E-state index in [0.717, 1.165) is 48.5 Å². The summed E-state index contributed by atoms with van der Waals surface area (Å²) < 4.78 is 137. The van der Waals surface area contributed by atoms with Gasteiger partial charge in [0.2, 0.25) is 0 Å². The van der Waals surface area contributed by atoms with E-state index in [1.807, 2.05) is 0 Å². The fourth-order valence-corrected chi connectivity index (χ4v) is 8.49. The van der Waals surface area contributed by atoms with Crippen LogP contribution < -0.4 is 0 Å². The molecular weight excluding hydrogens is 769 g/mol. The third-order valence-corrected chi connectivity index (χ3v) is 12.0. The number of aromatic hydroxyl groups is 4. The molecule has 4 aromatic rings. The summed E-state index contributed by atoms with van der Waals surface area (Å²) in [4.78, 5) is -2.64. The van der Waals surface area contributed by atoms with Gasteiger partial charge in [0.1, 0.15) is 23.0 Å². The van der Waals surface area contributed by atoms with Gasteiger partial charge in [-0.05, 0) is 109 Å². The van der Waals surface area contributed by atoms with Crippen molar-refractivity contribution in [2.45, 2.75) is 70.9 Å². The smallest absolute Gasteiger partial charge is 0.294 e. The molecule has 1 aliphatic rings. The van der Waals surface area contributed by atoms with Crippen LogP contribution in [-0.4, -0.2) is 72.3 Å². The number of rotatable bonds is 4. The van der Waals surface area contributed by atoms with Gasteiger partial charge in [0.05, 0.1) is 19.6 Å². The first-order valence-corrected chi connectivity index (χ1v) is 21.0. The van der Waals surface area contributed by atoms with E-state index in [0.29, 0.717) is 0 Å². The van der Waals surface area contributed by atoms with E-state index in [2.05, 4.69) is 0 Å². The molecule has 0 aliphatic heterocycles. The van der Waals surface area contributed by atoms with Crippen molar-refractivity contribution in [3.8, 4) is 23.0 Å². The summed E-state index contributed by atoms with van der Waals surface area (Å²) in [6.45, 7) is 0. The van der Waals surface area contributed by atoms with Gasteiger partial charge < -0.3 is 20.4 Å². The average Bonchev–Trinajstić information content (AvgIpc) is 3.01. The molecule has 0 amide bonds. The summed E-state index contributed by atoms with van der Waals surface area (Å²) in [6, 6.07) is 7.44. The molecule has 0 aromatic heterocycles. The molecule has 20 heteroatoms. The fourth-order valence-electron chi connectivity index (χ4n) is 6.16. The summed E-state index contributed by atoms with van der Waals surface area (Å²) in [5.41, 5.74) is -0.994. The average molecular weight is 801 g/mol. The van der Waals surface area contributed by atoms with Crippen molar-refractivity contribution in [2.75, 3.05) is 0 Å². The second-order valence-electron chi connectivity index (χ2n) is 12.3. The first-order valence-electron chi connectivity index (χ1n) is 15.2. The minimum Gasteiger partial charge on any atom is -0.507 e. The second-order valence-corrected chi connectivity index (χ2v) is 18.0. The van der Waals surface area contributed by atoms with Crippen molar-refractivity contribution in [1.29, 1.82) is 0 Å².